The maximum absolute atomic E-state index is 12.6. The van der Waals surface area contributed by atoms with Gasteiger partial charge in [0.2, 0.25) is 11.8 Å². The number of pyridine rings is 1. The third-order valence-electron chi connectivity index (χ3n) is 3.85. The van der Waals surface area contributed by atoms with Crippen LogP contribution in [0.5, 0.6) is 0 Å². The van der Waals surface area contributed by atoms with Gasteiger partial charge >= 0.3 is 0 Å². The standard InChI is InChI=1S/C15H21N3O2/c1-3-15(2)14(20)18(11-8-13(19)17-15)10-7-12-6-4-5-9-16-12/h4-6,9H,3,7-8,10-11H2,1-2H3,(H,17,19). The fraction of sp³-hybridized carbons (Fsp3) is 0.533. The molecule has 20 heavy (non-hydrogen) atoms. The minimum Gasteiger partial charge on any atom is -0.342 e. The van der Waals surface area contributed by atoms with E-state index >= 15 is 0 Å². The molecule has 2 heterocycles. The van der Waals surface area contributed by atoms with Crippen LogP contribution in [0.2, 0.25) is 0 Å². The van der Waals surface area contributed by atoms with Gasteiger partial charge in [-0.25, -0.2) is 0 Å². The van der Waals surface area contributed by atoms with Crippen LogP contribution >= 0.6 is 0 Å². The Kier molecular flexibility index (Phi) is 4.37. The van der Waals surface area contributed by atoms with Crippen molar-refractivity contribution in [1.29, 1.82) is 0 Å². The molecule has 0 spiro atoms. The molecule has 0 saturated carbocycles. The molecular weight excluding hydrogens is 254 g/mol. The maximum Gasteiger partial charge on any atom is 0.248 e. The highest BCUT2D eigenvalue weighted by atomic mass is 16.2. The van der Waals surface area contributed by atoms with E-state index in [1.54, 1.807) is 18.0 Å². The SMILES string of the molecule is CCC1(C)NC(=O)CCN(CCc2ccccn2)C1=O. The van der Waals surface area contributed by atoms with Crippen molar-refractivity contribution in [3.8, 4) is 0 Å². The minimum atomic E-state index is -0.780. The highest BCUT2D eigenvalue weighted by Gasteiger charge is 2.38. The Bertz CT molecular complexity index is 489. The molecule has 0 aliphatic carbocycles. The first-order valence-corrected chi connectivity index (χ1v) is 7.05. The molecule has 2 rings (SSSR count). The van der Waals surface area contributed by atoms with Gasteiger partial charge in [0.05, 0.1) is 0 Å². The van der Waals surface area contributed by atoms with Gasteiger partial charge in [0.15, 0.2) is 0 Å². The van der Waals surface area contributed by atoms with Gasteiger partial charge in [-0.05, 0) is 25.5 Å². The molecule has 1 saturated heterocycles. The number of nitrogens with zero attached hydrogens (tertiary/aromatic N) is 2. The molecule has 0 aromatic carbocycles. The molecule has 108 valence electrons. The van der Waals surface area contributed by atoms with Crippen LogP contribution in [0.1, 0.15) is 32.4 Å². The monoisotopic (exact) mass is 275 g/mol. The molecule has 1 aromatic heterocycles. The number of aromatic nitrogens is 1. The maximum atomic E-state index is 12.6. The Labute approximate surface area is 119 Å². The number of nitrogens with one attached hydrogen (secondary N) is 1. The molecule has 5 nitrogen and oxygen atoms in total. The summed E-state index contributed by atoms with van der Waals surface area (Å²) in [4.78, 5) is 30.3. The highest BCUT2D eigenvalue weighted by molar-refractivity contribution is 5.93. The van der Waals surface area contributed by atoms with E-state index in [2.05, 4.69) is 10.3 Å². The Hall–Kier alpha value is -1.91. The molecule has 1 aromatic rings. The van der Waals surface area contributed by atoms with Gasteiger partial charge in [-0.15, -0.1) is 0 Å². The van der Waals surface area contributed by atoms with E-state index in [4.69, 9.17) is 0 Å². The van der Waals surface area contributed by atoms with Crippen LogP contribution in [0.15, 0.2) is 24.4 Å². The summed E-state index contributed by atoms with van der Waals surface area (Å²) in [6.45, 7) is 4.79. The van der Waals surface area contributed by atoms with Crippen molar-refractivity contribution in [2.75, 3.05) is 13.1 Å². The van der Waals surface area contributed by atoms with Crippen LogP contribution in [-0.4, -0.2) is 40.3 Å². The summed E-state index contributed by atoms with van der Waals surface area (Å²) < 4.78 is 0. The molecule has 1 N–H and O–H groups in total. The van der Waals surface area contributed by atoms with E-state index < -0.39 is 5.54 Å². The Morgan fingerprint density at radius 3 is 2.85 bits per heavy atom. The Morgan fingerprint density at radius 2 is 2.20 bits per heavy atom. The van der Waals surface area contributed by atoms with Gasteiger partial charge in [-0.1, -0.05) is 13.0 Å². The van der Waals surface area contributed by atoms with Crippen molar-refractivity contribution < 1.29 is 9.59 Å². The fourth-order valence-corrected chi connectivity index (χ4v) is 2.36. The molecule has 1 fully saturated rings. The number of rotatable bonds is 4. The van der Waals surface area contributed by atoms with Crippen molar-refractivity contribution in [3.63, 3.8) is 0 Å². The van der Waals surface area contributed by atoms with Gasteiger partial charge in [0.25, 0.3) is 0 Å². The lowest BCUT2D eigenvalue weighted by atomic mass is 9.97. The van der Waals surface area contributed by atoms with E-state index in [1.807, 2.05) is 25.1 Å². The minimum absolute atomic E-state index is 0.00165. The normalized spacial score (nSPS) is 23.4. The first-order chi connectivity index (χ1) is 9.55. The lowest BCUT2D eigenvalue weighted by Gasteiger charge is -2.31. The summed E-state index contributed by atoms with van der Waals surface area (Å²) in [5, 5.41) is 2.84. The van der Waals surface area contributed by atoms with Crippen LogP contribution in [0, 0.1) is 0 Å². The first kappa shape index (κ1) is 14.5. The topological polar surface area (TPSA) is 62.3 Å². The van der Waals surface area contributed by atoms with Crippen molar-refractivity contribution in [2.24, 2.45) is 0 Å². The molecule has 5 heteroatoms. The number of carbonyl (C=O) groups excluding carboxylic acids is 2. The first-order valence-electron chi connectivity index (χ1n) is 7.05. The molecule has 1 unspecified atom stereocenters. The second-order valence-electron chi connectivity index (χ2n) is 5.35. The summed E-state index contributed by atoms with van der Waals surface area (Å²) >= 11 is 0. The average molecular weight is 275 g/mol. The van der Waals surface area contributed by atoms with E-state index in [1.165, 1.54) is 0 Å². The zero-order valence-electron chi connectivity index (χ0n) is 12.1. The molecule has 1 atom stereocenters. The number of hydrogen-bond acceptors (Lipinski definition) is 3. The van der Waals surface area contributed by atoms with Crippen molar-refractivity contribution >= 4 is 11.8 Å². The van der Waals surface area contributed by atoms with Gasteiger partial charge in [0.1, 0.15) is 5.54 Å². The fourth-order valence-electron chi connectivity index (χ4n) is 2.36. The second-order valence-corrected chi connectivity index (χ2v) is 5.35. The highest BCUT2D eigenvalue weighted by Crippen LogP contribution is 2.17. The molecule has 1 aliphatic rings. The summed E-state index contributed by atoms with van der Waals surface area (Å²) in [5.41, 5.74) is 0.180. The number of carbonyl (C=O) groups is 2. The summed E-state index contributed by atoms with van der Waals surface area (Å²) in [6, 6.07) is 5.76. The smallest absolute Gasteiger partial charge is 0.248 e. The van der Waals surface area contributed by atoms with Crippen LogP contribution in [0.3, 0.4) is 0 Å². The molecule has 0 bridgehead atoms. The number of amides is 2. The lowest BCUT2D eigenvalue weighted by molar-refractivity contribution is -0.138. The van der Waals surface area contributed by atoms with Crippen LogP contribution in [-0.2, 0) is 16.0 Å². The van der Waals surface area contributed by atoms with Crippen LogP contribution < -0.4 is 5.32 Å². The average Bonchev–Trinajstić information content (AvgIpc) is 2.57. The van der Waals surface area contributed by atoms with Gasteiger partial charge in [0, 0.05) is 37.8 Å². The zero-order chi connectivity index (χ0) is 14.6. The lowest BCUT2D eigenvalue weighted by Crippen LogP contribution is -2.54. The quantitative estimate of drug-likeness (QED) is 0.896. The van der Waals surface area contributed by atoms with Crippen molar-refractivity contribution in [2.45, 2.75) is 38.6 Å². The molecular formula is C15H21N3O2. The van der Waals surface area contributed by atoms with E-state index in [0.29, 0.717) is 32.4 Å². The van der Waals surface area contributed by atoms with Crippen molar-refractivity contribution in [1.82, 2.24) is 15.2 Å². The van der Waals surface area contributed by atoms with Gasteiger partial charge in [-0.2, -0.15) is 0 Å². The van der Waals surface area contributed by atoms with Gasteiger partial charge < -0.3 is 10.2 Å². The Balaban J connectivity index is 2.06. The largest absolute Gasteiger partial charge is 0.342 e. The Morgan fingerprint density at radius 1 is 1.40 bits per heavy atom. The van der Waals surface area contributed by atoms with Crippen LogP contribution in [0.4, 0.5) is 0 Å². The number of hydrogen-bond donors (Lipinski definition) is 1. The summed E-state index contributed by atoms with van der Waals surface area (Å²) in [5.74, 6) is -0.0511. The van der Waals surface area contributed by atoms with Crippen molar-refractivity contribution in [3.05, 3.63) is 30.1 Å². The van der Waals surface area contributed by atoms with E-state index in [-0.39, 0.29) is 11.8 Å². The van der Waals surface area contributed by atoms with Gasteiger partial charge in [-0.3, -0.25) is 14.6 Å². The molecule has 2 amide bonds. The summed E-state index contributed by atoms with van der Waals surface area (Å²) in [6.07, 6.45) is 3.42. The zero-order valence-corrected chi connectivity index (χ0v) is 12.1. The third-order valence-corrected chi connectivity index (χ3v) is 3.85. The molecule has 0 radical (unpaired) electrons. The predicted octanol–water partition coefficient (Wildman–Crippen LogP) is 1.14. The van der Waals surface area contributed by atoms with Crippen LogP contribution in [0.25, 0.3) is 0 Å². The molecule has 1 aliphatic heterocycles. The van der Waals surface area contributed by atoms with E-state index in [0.717, 1.165) is 5.69 Å². The predicted molar refractivity (Wildman–Crippen MR) is 76.0 cm³/mol. The third kappa shape index (κ3) is 3.15. The van der Waals surface area contributed by atoms with E-state index in [9.17, 15) is 9.59 Å². The summed E-state index contributed by atoms with van der Waals surface area (Å²) in [7, 11) is 0. The second kappa shape index (κ2) is 6.03.